The van der Waals surface area contributed by atoms with Gasteiger partial charge in [-0.15, -0.1) is 0 Å². The normalized spacial score (nSPS) is 13.1. The molecular formula is C19H20ClN5O2S. The van der Waals surface area contributed by atoms with Gasteiger partial charge in [-0.1, -0.05) is 35.9 Å². The van der Waals surface area contributed by atoms with Crippen LogP contribution in [0.1, 0.15) is 17.2 Å². The smallest absolute Gasteiger partial charge is 0.222 e. The van der Waals surface area contributed by atoms with Gasteiger partial charge in [-0.05, 0) is 36.2 Å². The maximum absolute atomic E-state index is 11.2. The van der Waals surface area contributed by atoms with Gasteiger partial charge in [0.1, 0.15) is 16.8 Å². The van der Waals surface area contributed by atoms with E-state index >= 15 is 0 Å². The number of halogens is 1. The van der Waals surface area contributed by atoms with Crippen LogP contribution in [0.25, 0.3) is 11.3 Å². The molecule has 0 amide bonds. The molecule has 0 radical (unpaired) electrons. The van der Waals surface area contributed by atoms with E-state index in [4.69, 9.17) is 22.5 Å². The molecule has 0 aliphatic carbocycles. The molecule has 6 N–H and O–H groups in total. The molecule has 1 heterocycles. The molecule has 2 aromatic carbocycles. The van der Waals surface area contributed by atoms with Crippen molar-refractivity contribution in [1.29, 1.82) is 0 Å². The molecule has 0 aliphatic heterocycles. The van der Waals surface area contributed by atoms with Crippen LogP contribution in [0.3, 0.4) is 0 Å². The van der Waals surface area contributed by atoms with Crippen LogP contribution < -0.4 is 16.2 Å². The average Bonchev–Trinajstić information content (AvgIpc) is 2.68. The van der Waals surface area contributed by atoms with Crippen LogP contribution >= 0.6 is 11.6 Å². The van der Waals surface area contributed by atoms with Gasteiger partial charge in [0.2, 0.25) is 5.95 Å². The van der Waals surface area contributed by atoms with Gasteiger partial charge in [0.15, 0.2) is 0 Å². The minimum atomic E-state index is -1.55. The van der Waals surface area contributed by atoms with E-state index in [-0.39, 0.29) is 12.5 Å². The van der Waals surface area contributed by atoms with E-state index in [0.717, 1.165) is 11.1 Å². The zero-order valence-electron chi connectivity index (χ0n) is 15.1. The fourth-order valence-electron chi connectivity index (χ4n) is 2.72. The fraction of sp³-hybridized carbons (Fsp3) is 0.158. The van der Waals surface area contributed by atoms with Crippen molar-refractivity contribution in [2.24, 2.45) is 5.14 Å². The highest BCUT2D eigenvalue weighted by molar-refractivity contribution is 7.82. The number of nitrogens with zero attached hydrogens (tertiary/aromatic N) is 2. The fourth-order valence-corrected chi connectivity index (χ4v) is 3.30. The zero-order valence-corrected chi connectivity index (χ0v) is 16.7. The van der Waals surface area contributed by atoms with Gasteiger partial charge in [0.05, 0.1) is 16.7 Å². The van der Waals surface area contributed by atoms with E-state index in [2.05, 4.69) is 15.3 Å². The van der Waals surface area contributed by atoms with Crippen LogP contribution in [-0.4, -0.2) is 25.8 Å². The molecule has 0 saturated heterocycles. The van der Waals surface area contributed by atoms with Gasteiger partial charge < -0.3 is 16.2 Å². The second-order valence-corrected chi connectivity index (χ2v) is 7.65. The van der Waals surface area contributed by atoms with Crippen molar-refractivity contribution in [3.8, 4) is 11.3 Å². The summed E-state index contributed by atoms with van der Waals surface area (Å²) in [6.45, 7) is 2.11. The van der Waals surface area contributed by atoms with Crippen LogP contribution in [0.2, 0.25) is 5.02 Å². The van der Waals surface area contributed by atoms with Crippen LogP contribution in [-0.2, 0) is 11.0 Å². The predicted octanol–water partition coefficient (Wildman–Crippen LogP) is 2.81. The Morgan fingerprint density at radius 1 is 1.21 bits per heavy atom. The third-order valence-electron chi connectivity index (χ3n) is 4.26. The van der Waals surface area contributed by atoms with Crippen molar-refractivity contribution >= 4 is 34.4 Å². The van der Waals surface area contributed by atoms with Crippen molar-refractivity contribution < 1.29 is 9.32 Å². The molecule has 3 rings (SSSR count). The molecule has 0 spiro atoms. The van der Waals surface area contributed by atoms with Crippen LogP contribution in [0.15, 0.2) is 53.4 Å². The summed E-state index contributed by atoms with van der Waals surface area (Å²) in [6, 6.07) is 13.9. The van der Waals surface area contributed by atoms with E-state index in [0.29, 0.717) is 27.0 Å². The summed E-state index contributed by atoms with van der Waals surface area (Å²) in [5.74, 6) is 0.601. The van der Waals surface area contributed by atoms with Crippen LogP contribution in [0.4, 0.5) is 11.8 Å². The molecule has 7 nitrogen and oxygen atoms in total. The lowest BCUT2D eigenvalue weighted by Gasteiger charge is -2.14. The summed E-state index contributed by atoms with van der Waals surface area (Å²) < 4.78 is 11.2. The van der Waals surface area contributed by atoms with E-state index in [1.54, 1.807) is 30.3 Å². The highest BCUT2D eigenvalue weighted by atomic mass is 35.5. The second kappa shape index (κ2) is 8.66. The van der Waals surface area contributed by atoms with Crippen molar-refractivity contribution in [3.63, 3.8) is 0 Å². The highest BCUT2D eigenvalue weighted by Crippen LogP contribution is 2.28. The van der Waals surface area contributed by atoms with Crippen molar-refractivity contribution in [2.75, 3.05) is 17.6 Å². The van der Waals surface area contributed by atoms with Gasteiger partial charge in [-0.25, -0.2) is 14.3 Å². The topological polar surface area (TPSA) is 127 Å². The number of aliphatic hydroxyl groups excluding tert-OH is 1. The van der Waals surface area contributed by atoms with Gasteiger partial charge in [-0.3, -0.25) is 0 Å². The van der Waals surface area contributed by atoms with Gasteiger partial charge in [-0.2, -0.15) is 4.98 Å². The minimum absolute atomic E-state index is 0.114. The molecule has 0 saturated carbocycles. The molecule has 0 bridgehead atoms. The number of aromatic nitrogens is 2. The van der Waals surface area contributed by atoms with Crippen molar-refractivity contribution in [2.45, 2.75) is 17.9 Å². The number of nitrogen functional groups attached to an aromatic ring is 1. The number of anilines is 2. The molecule has 2 unspecified atom stereocenters. The summed E-state index contributed by atoms with van der Waals surface area (Å²) in [5, 5.41) is 19.4. The first-order valence-electron chi connectivity index (χ1n) is 8.43. The summed E-state index contributed by atoms with van der Waals surface area (Å²) in [6.07, 6.45) is -0.798. The Kier molecular flexibility index (Phi) is 6.25. The predicted molar refractivity (Wildman–Crippen MR) is 112 cm³/mol. The molecule has 1 aromatic heterocycles. The Bertz CT molecular complexity index is 1010. The first-order valence-corrected chi connectivity index (χ1v) is 10.0. The summed E-state index contributed by atoms with van der Waals surface area (Å²) in [7, 11) is -1.55. The average molecular weight is 418 g/mol. The number of rotatable bonds is 6. The number of benzene rings is 2. The SMILES string of the molecule is Cc1c(Cl)cccc1-c1cc(NCC(O)c2ccc(S(N)=O)cc2)nc(N)n1. The summed E-state index contributed by atoms with van der Waals surface area (Å²) >= 11 is 6.19. The van der Waals surface area contributed by atoms with E-state index in [9.17, 15) is 9.32 Å². The molecule has 9 heteroatoms. The van der Waals surface area contributed by atoms with E-state index in [1.165, 1.54) is 0 Å². The van der Waals surface area contributed by atoms with Gasteiger partial charge in [0.25, 0.3) is 0 Å². The number of hydrogen-bond acceptors (Lipinski definition) is 6. The Morgan fingerprint density at radius 3 is 2.61 bits per heavy atom. The number of hydrogen-bond donors (Lipinski definition) is 4. The molecule has 28 heavy (non-hydrogen) atoms. The lowest BCUT2D eigenvalue weighted by Crippen LogP contribution is -2.14. The first kappa shape index (κ1) is 20.2. The molecule has 0 fully saturated rings. The summed E-state index contributed by atoms with van der Waals surface area (Å²) in [5.41, 5.74) is 8.90. The molecule has 146 valence electrons. The van der Waals surface area contributed by atoms with Crippen molar-refractivity contribution in [3.05, 3.63) is 64.7 Å². The first-order chi connectivity index (χ1) is 13.3. The largest absolute Gasteiger partial charge is 0.387 e. The zero-order chi connectivity index (χ0) is 20.3. The minimum Gasteiger partial charge on any atom is -0.387 e. The molecular weight excluding hydrogens is 398 g/mol. The maximum atomic E-state index is 11.2. The summed E-state index contributed by atoms with van der Waals surface area (Å²) in [4.78, 5) is 8.95. The number of nitrogens with two attached hydrogens (primary N) is 2. The quantitative estimate of drug-likeness (QED) is 0.488. The molecule has 3 aromatic rings. The van der Waals surface area contributed by atoms with Gasteiger partial charge in [0, 0.05) is 23.2 Å². The van der Waals surface area contributed by atoms with Crippen LogP contribution in [0, 0.1) is 6.92 Å². The number of nitrogens with one attached hydrogen (secondary N) is 1. The monoisotopic (exact) mass is 417 g/mol. The molecule has 0 aliphatic rings. The Hall–Kier alpha value is -2.52. The maximum Gasteiger partial charge on any atom is 0.222 e. The lowest BCUT2D eigenvalue weighted by molar-refractivity contribution is 0.191. The van der Waals surface area contributed by atoms with E-state index < -0.39 is 17.1 Å². The third kappa shape index (κ3) is 4.66. The van der Waals surface area contributed by atoms with E-state index in [1.807, 2.05) is 25.1 Å². The third-order valence-corrected chi connectivity index (χ3v) is 5.41. The number of aliphatic hydroxyl groups is 1. The van der Waals surface area contributed by atoms with Crippen molar-refractivity contribution in [1.82, 2.24) is 9.97 Å². The lowest BCUT2D eigenvalue weighted by atomic mass is 10.1. The highest BCUT2D eigenvalue weighted by Gasteiger charge is 2.12. The molecule has 2 atom stereocenters. The Morgan fingerprint density at radius 2 is 1.93 bits per heavy atom. The second-order valence-electron chi connectivity index (χ2n) is 6.17. The van der Waals surface area contributed by atoms with Crippen LogP contribution in [0.5, 0.6) is 0 Å². The Labute approximate surface area is 170 Å². The Balaban J connectivity index is 1.76. The van der Waals surface area contributed by atoms with Gasteiger partial charge >= 0.3 is 0 Å². The standard InChI is InChI=1S/C19H20ClN5O2S/c1-11-14(3-2-4-15(11)20)16-9-18(25-19(21)24-16)23-10-17(26)12-5-7-13(8-6-12)28(22)27/h2-9,17,26H,10,22H2,1H3,(H3,21,23,24,25).